The predicted octanol–water partition coefficient (Wildman–Crippen LogP) is 9.54. The van der Waals surface area contributed by atoms with E-state index >= 15 is 0 Å². The largest absolute Gasteiger partial charge is 0.387 e. The summed E-state index contributed by atoms with van der Waals surface area (Å²) in [5, 5.41) is 23.2. The Morgan fingerprint density at radius 2 is 1.00 bits per heavy atom. The minimum absolute atomic E-state index is 0.274. The van der Waals surface area contributed by atoms with E-state index in [1.807, 2.05) is 0 Å². The van der Waals surface area contributed by atoms with E-state index in [9.17, 15) is 28.0 Å². The van der Waals surface area contributed by atoms with E-state index in [2.05, 4.69) is 43.5 Å². The molecule has 0 spiro atoms. The first-order valence-electron chi connectivity index (χ1n) is 18.8. The van der Waals surface area contributed by atoms with E-state index in [1.165, 1.54) is 102 Å². The fourth-order valence-corrected chi connectivity index (χ4v) is 6.29. The van der Waals surface area contributed by atoms with Crippen molar-refractivity contribution in [2.45, 2.75) is 193 Å². The molecule has 0 rings (SSSR count). The third-order valence-corrected chi connectivity index (χ3v) is 9.20. The van der Waals surface area contributed by atoms with Gasteiger partial charge in [-0.1, -0.05) is 172 Å². The van der Waals surface area contributed by atoms with Gasteiger partial charge in [0.1, 0.15) is 6.10 Å². The molecule has 0 aliphatic rings. The molecule has 0 heterocycles. The molecule has 0 aromatic carbocycles. The summed E-state index contributed by atoms with van der Waals surface area (Å²) in [6.07, 6.45) is 37.9. The smallest absolute Gasteiger partial charge is 0.267 e. The number of carbonyl (C=O) groups excluding carboxylic acids is 1. The van der Waals surface area contributed by atoms with Gasteiger partial charge in [0.25, 0.3) is 10.1 Å². The van der Waals surface area contributed by atoms with Gasteiger partial charge in [0.05, 0.1) is 17.9 Å². The van der Waals surface area contributed by atoms with Crippen LogP contribution < -0.4 is 5.32 Å². The van der Waals surface area contributed by atoms with Gasteiger partial charge in [-0.2, -0.15) is 8.42 Å². The van der Waals surface area contributed by atoms with Crippen LogP contribution in [0.2, 0.25) is 0 Å². The lowest BCUT2D eigenvalue weighted by Crippen LogP contribution is -2.50. The fraction of sp³-hybridized carbons (Fsp3) is 0.816. The van der Waals surface area contributed by atoms with Crippen LogP contribution in [0.3, 0.4) is 0 Å². The Labute approximate surface area is 283 Å². The number of nitrogens with one attached hydrogen (secondary N) is 1. The zero-order valence-electron chi connectivity index (χ0n) is 29.6. The zero-order chi connectivity index (χ0) is 34.1. The van der Waals surface area contributed by atoms with Gasteiger partial charge in [-0.15, -0.1) is 0 Å². The number of rotatable bonds is 33. The number of hydrogen-bond donors (Lipinski definition) is 4. The van der Waals surface area contributed by atoms with Crippen LogP contribution in [0.4, 0.5) is 0 Å². The number of allylic oxidation sites excluding steroid dienone is 5. The van der Waals surface area contributed by atoms with Crippen molar-refractivity contribution in [3.05, 3.63) is 36.5 Å². The van der Waals surface area contributed by atoms with Crippen LogP contribution in [0, 0.1) is 0 Å². The minimum atomic E-state index is -4.45. The Hall–Kier alpha value is -1.48. The number of hydrogen-bond acceptors (Lipinski definition) is 5. The summed E-state index contributed by atoms with van der Waals surface area (Å²) in [6, 6.07) is -1.25. The number of unbranched alkanes of at least 4 members (excludes halogenated alkanes) is 20. The number of aliphatic hydroxyl groups excluding tert-OH is 2. The molecule has 0 aliphatic carbocycles. The highest BCUT2D eigenvalue weighted by atomic mass is 32.2. The van der Waals surface area contributed by atoms with Crippen molar-refractivity contribution in [1.82, 2.24) is 5.32 Å². The fourth-order valence-electron chi connectivity index (χ4n) is 5.55. The molecule has 4 N–H and O–H groups in total. The first-order valence-corrected chi connectivity index (χ1v) is 20.4. The summed E-state index contributed by atoms with van der Waals surface area (Å²) in [4.78, 5) is 12.5. The molecular weight excluding hydrogens is 598 g/mol. The quantitative estimate of drug-likeness (QED) is 0.0313. The van der Waals surface area contributed by atoms with Gasteiger partial charge < -0.3 is 15.5 Å². The number of carbonyl (C=O) groups is 1. The monoisotopic (exact) mass is 670 g/mol. The normalized spacial score (nSPS) is 14.5. The van der Waals surface area contributed by atoms with E-state index in [4.69, 9.17) is 0 Å². The van der Waals surface area contributed by atoms with Gasteiger partial charge in [0.2, 0.25) is 5.91 Å². The second kappa shape index (κ2) is 32.1. The molecule has 0 saturated carbocycles. The molecule has 46 heavy (non-hydrogen) atoms. The van der Waals surface area contributed by atoms with E-state index in [1.54, 1.807) is 6.08 Å². The van der Waals surface area contributed by atoms with Crippen molar-refractivity contribution in [3.63, 3.8) is 0 Å². The van der Waals surface area contributed by atoms with Crippen LogP contribution in [0.1, 0.15) is 174 Å². The molecule has 0 aliphatic heterocycles. The predicted molar refractivity (Wildman–Crippen MR) is 195 cm³/mol. The maximum atomic E-state index is 12.5. The third kappa shape index (κ3) is 31.1. The maximum Gasteiger partial charge on any atom is 0.267 e. The first-order chi connectivity index (χ1) is 22.2. The molecule has 3 unspecified atom stereocenters. The standard InChI is InChI=1S/C38H71NO6S/c1-3-5-7-9-11-13-15-16-17-18-19-20-21-22-23-25-27-29-31-33-37(41)38(42)39-35(34-46(43,44)45)36(40)32-30-28-26-24-14-12-10-8-6-4-2/h6,8,14,24,30,32,35-37,40-41H,3-5,7,9-13,15-23,25-29,31,33-34H2,1-2H3,(H,39,42)(H,43,44,45)/b8-6+,24-14+,32-30+. The van der Waals surface area contributed by atoms with Crippen LogP contribution in [-0.2, 0) is 14.9 Å². The topological polar surface area (TPSA) is 124 Å². The van der Waals surface area contributed by atoms with Crippen molar-refractivity contribution >= 4 is 16.0 Å². The lowest BCUT2D eigenvalue weighted by molar-refractivity contribution is -0.130. The molecule has 0 radical (unpaired) electrons. The molecule has 0 aromatic rings. The van der Waals surface area contributed by atoms with Crippen molar-refractivity contribution in [2.75, 3.05) is 5.75 Å². The van der Waals surface area contributed by atoms with Gasteiger partial charge >= 0.3 is 0 Å². The summed E-state index contributed by atoms with van der Waals surface area (Å²) >= 11 is 0. The Bertz CT molecular complexity index is 886. The van der Waals surface area contributed by atoms with E-state index in [-0.39, 0.29) is 6.42 Å². The average molecular weight is 670 g/mol. The molecule has 0 saturated heterocycles. The van der Waals surface area contributed by atoms with Gasteiger partial charge in [-0.3, -0.25) is 9.35 Å². The second-order valence-corrected chi connectivity index (χ2v) is 14.5. The average Bonchev–Trinajstić information content (AvgIpc) is 3.01. The molecular formula is C38H71NO6S. The maximum absolute atomic E-state index is 12.5. The third-order valence-electron chi connectivity index (χ3n) is 8.42. The summed E-state index contributed by atoms with van der Waals surface area (Å²) in [5.41, 5.74) is 0. The number of aliphatic hydroxyl groups is 2. The Morgan fingerprint density at radius 3 is 1.41 bits per heavy atom. The SMILES string of the molecule is CC/C=C/CC/C=C/CC/C=C/C(O)C(CS(=O)(=O)O)NC(=O)C(O)CCCCCCCCCCCCCCCCCCCCC. The first kappa shape index (κ1) is 44.5. The van der Waals surface area contributed by atoms with Gasteiger partial charge in [0.15, 0.2) is 0 Å². The molecule has 3 atom stereocenters. The van der Waals surface area contributed by atoms with E-state index in [0.29, 0.717) is 12.8 Å². The van der Waals surface area contributed by atoms with Gasteiger partial charge in [-0.25, -0.2) is 0 Å². The van der Waals surface area contributed by atoms with Gasteiger partial charge in [-0.05, 0) is 38.5 Å². The van der Waals surface area contributed by atoms with Crippen LogP contribution in [0.5, 0.6) is 0 Å². The summed E-state index contributed by atoms with van der Waals surface area (Å²) in [6.45, 7) is 4.37. The molecule has 0 aromatic heterocycles. The lowest BCUT2D eigenvalue weighted by Gasteiger charge is -2.22. The Balaban J connectivity index is 4.01. The highest BCUT2D eigenvalue weighted by Crippen LogP contribution is 2.15. The molecule has 0 bridgehead atoms. The van der Waals surface area contributed by atoms with Crippen molar-refractivity contribution < 1.29 is 28.0 Å². The lowest BCUT2D eigenvalue weighted by atomic mass is 10.0. The summed E-state index contributed by atoms with van der Waals surface area (Å²) < 4.78 is 32.3. The van der Waals surface area contributed by atoms with Gasteiger partial charge in [0, 0.05) is 0 Å². The minimum Gasteiger partial charge on any atom is -0.387 e. The highest BCUT2D eigenvalue weighted by molar-refractivity contribution is 7.85. The Morgan fingerprint density at radius 1 is 0.609 bits per heavy atom. The second-order valence-electron chi connectivity index (χ2n) is 13.0. The van der Waals surface area contributed by atoms with Crippen molar-refractivity contribution in [3.8, 4) is 0 Å². The van der Waals surface area contributed by atoms with Crippen molar-refractivity contribution in [2.24, 2.45) is 0 Å². The van der Waals surface area contributed by atoms with Crippen LogP contribution in [0.25, 0.3) is 0 Å². The molecule has 8 heteroatoms. The van der Waals surface area contributed by atoms with Crippen LogP contribution in [0.15, 0.2) is 36.5 Å². The zero-order valence-corrected chi connectivity index (χ0v) is 30.4. The van der Waals surface area contributed by atoms with Crippen LogP contribution >= 0.6 is 0 Å². The summed E-state index contributed by atoms with van der Waals surface area (Å²) in [5.74, 6) is -1.56. The molecule has 7 nitrogen and oxygen atoms in total. The molecule has 0 fully saturated rings. The molecule has 270 valence electrons. The van der Waals surface area contributed by atoms with Crippen molar-refractivity contribution in [1.29, 1.82) is 0 Å². The summed E-state index contributed by atoms with van der Waals surface area (Å²) in [7, 11) is -4.45. The van der Waals surface area contributed by atoms with E-state index < -0.39 is 40.0 Å². The highest BCUT2D eigenvalue weighted by Gasteiger charge is 2.27. The van der Waals surface area contributed by atoms with E-state index in [0.717, 1.165) is 44.9 Å². The van der Waals surface area contributed by atoms with Crippen LogP contribution in [-0.4, -0.2) is 53.1 Å². The number of amides is 1. The molecule has 1 amide bonds. The Kier molecular flexibility index (Phi) is 31.1.